The molecule has 0 radical (unpaired) electrons. The van der Waals surface area contributed by atoms with Gasteiger partial charge in [0.15, 0.2) is 0 Å². The number of hydrogen-bond acceptors (Lipinski definition) is 2. The molecule has 8 aromatic carbocycles. The Morgan fingerprint density at radius 3 is 1.26 bits per heavy atom. The average Bonchev–Trinajstić information content (AvgIpc) is 3.41. The van der Waals surface area contributed by atoms with E-state index in [-0.39, 0.29) is 23.5 Å². The Kier molecular flexibility index (Phi) is 10.4. The van der Waals surface area contributed by atoms with Crippen LogP contribution in [0.1, 0.15) is 0 Å². The Labute approximate surface area is 396 Å². The molecule has 2 atom stereocenters. The summed E-state index contributed by atoms with van der Waals surface area (Å²) in [7, 11) is 0. The Morgan fingerprint density at radius 2 is 0.750 bits per heavy atom. The van der Waals surface area contributed by atoms with E-state index in [9.17, 15) is 0 Å². The number of halogens is 2. The molecule has 0 aliphatic heterocycles. The van der Waals surface area contributed by atoms with Gasteiger partial charge in [-0.1, -0.05) is 194 Å². The van der Waals surface area contributed by atoms with Crippen molar-refractivity contribution in [2.45, 2.75) is 0 Å². The van der Waals surface area contributed by atoms with Crippen LogP contribution >= 0.6 is 0 Å². The smallest absolute Gasteiger partial charge is 0.148 e. The van der Waals surface area contributed by atoms with Crippen molar-refractivity contribution in [3.8, 4) is 44.5 Å². The monoisotopic (exact) mass is 878 g/mol. The highest BCUT2D eigenvalue weighted by atomic mass is 19.1. The third-order valence-corrected chi connectivity index (χ3v) is 13.6. The first-order valence-corrected chi connectivity index (χ1v) is 23.1. The van der Waals surface area contributed by atoms with Crippen LogP contribution in [0, 0.1) is 23.5 Å². The Balaban J connectivity index is 1.03. The first kappa shape index (κ1) is 40.9. The van der Waals surface area contributed by atoms with Crippen molar-refractivity contribution in [3.63, 3.8) is 0 Å². The summed E-state index contributed by atoms with van der Waals surface area (Å²) in [5, 5.41) is 0. The molecule has 324 valence electrons. The second kappa shape index (κ2) is 17.3. The van der Waals surface area contributed by atoms with Crippen molar-refractivity contribution in [3.05, 3.63) is 300 Å². The number of nitrogens with zero attached hydrogens (tertiary/aromatic N) is 2. The number of para-hydroxylation sites is 2. The molecule has 0 aromatic heterocycles. The summed E-state index contributed by atoms with van der Waals surface area (Å²) in [6, 6.07) is 68.0. The molecule has 8 aromatic rings. The average molecular weight is 879 g/mol. The SMILES string of the molecule is Fc1cc(-c2ccccc2)cc(-c2ccccc2)c1N(C1=CC=C2C=CC3=C(N(c4ccccc4)c4c(F)cc(-c5ccccc5)cc4-c4ccccc4)C=CC4=CC=C1C2C43)c1ccccc1. The molecular weight excluding hydrogens is 835 g/mol. The maximum absolute atomic E-state index is 17.6. The van der Waals surface area contributed by atoms with Gasteiger partial charge in [-0.15, -0.1) is 0 Å². The van der Waals surface area contributed by atoms with Gasteiger partial charge in [-0.05, 0) is 116 Å². The molecule has 0 N–H and O–H groups in total. The predicted octanol–water partition coefficient (Wildman–Crippen LogP) is 16.9. The van der Waals surface area contributed by atoms with Gasteiger partial charge in [-0.2, -0.15) is 0 Å². The summed E-state index contributed by atoms with van der Waals surface area (Å²) in [6.07, 6.45) is 17.6. The zero-order chi connectivity index (χ0) is 45.6. The zero-order valence-corrected chi connectivity index (χ0v) is 37.1. The van der Waals surface area contributed by atoms with Crippen molar-refractivity contribution >= 4 is 22.7 Å². The minimum absolute atomic E-state index is 0.107. The molecule has 12 rings (SSSR count). The van der Waals surface area contributed by atoms with E-state index in [2.05, 4.69) is 119 Å². The molecule has 4 aliphatic rings. The fourth-order valence-corrected chi connectivity index (χ4v) is 10.5. The maximum atomic E-state index is 17.6. The van der Waals surface area contributed by atoms with Crippen molar-refractivity contribution in [1.82, 2.24) is 0 Å². The van der Waals surface area contributed by atoms with Gasteiger partial charge < -0.3 is 9.80 Å². The number of hydrogen-bond donors (Lipinski definition) is 0. The van der Waals surface area contributed by atoms with Gasteiger partial charge in [0, 0.05) is 34.3 Å². The fraction of sp³-hybridized carbons (Fsp3) is 0.0312. The number of benzene rings is 8. The largest absolute Gasteiger partial charge is 0.307 e. The third-order valence-electron chi connectivity index (χ3n) is 13.6. The Bertz CT molecular complexity index is 3440. The minimum Gasteiger partial charge on any atom is -0.307 e. The summed E-state index contributed by atoms with van der Waals surface area (Å²) in [4.78, 5) is 4.22. The van der Waals surface area contributed by atoms with Gasteiger partial charge in [0.05, 0.1) is 22.8 Å². The highest BCUT2D eigenvalue weighted by Gasteiger charge is 2.43. The van der Waals surface area contributed by atoms with Crippen molar-refractivity contribution in [2.75, 3.05) is 9.80 Å². The molecule has 2 nitrogen and oxygen atoms in total. The van der Waals surface area contributed by atoms with E-state index in [4.69, 9.17) is 0 Å². The van der Waals surface area contributed by atoms with Gasteiger partial charge >= 0.3 is 0 Å². The quantitative estimate of drug-likeness (QED) is 0.135. The number of rotatable bonds is 10. The van der Waals surface area contributed by atoms with E-state index in [1.165, 1.54) is 11.1 Å². The minimum atomic E-state index is -0.322. The number of anilines is 4. The van der Waals surface area contributed by atoms with E-state index in [1.807, 2.05) is 133 Å². The zero-order valence-electron chi connectivity index (χ0n) is 37.1. The lowest BCUT2D eigenvalue weighted by molar-refractivity contribution is 0.550. The molecule has 0 saturated carbocycles. The predicted molar refractivity (Wildman–Crippen MR) is 276 cm³/mol. The molecule has 0 amide bonds. The van der Waals surface area contributed by atoms with Crippen LogP contribution in [0.15, 0.2) is 289 Å². The first-order chi connectivity index (χ1) is 33.6. The van der Waals surface area contributed by atoms with Crippen LogP contribution in [0.3, 0.4) is 0 Å². The number of allylic oxidation sites excluding steroid dienone is 12. The van der Waals surface area contributed by atoms with Crippen molar-refractivity contribution < 1.29 is 8.78 Å². The summed E-state index contributed by atoms with van der Waals surface area (Å²) in [6.45, 7) is 0. The molecule has 0 fully saturated rings. The van der Waals surface area contributed by atoms with Crippen molar-refractivity contribution in [2.24, 2.45) is 11.8 Å². The third kappa shape index (κ3) is 7.19. The maximum Gasteiger partial charge on any atom is 0.148 e. The standard InChI is InChI=1S/C64H44F2N2/c65-57-41-49(43-19-7-1-8-20-43)39-55(45-23-11-3-12-24-45)63(57)67(51-27-15-5-16-28-51)59-37-33-47-32-36-54-60(38-34-48-31-35-53(59)61(47)62(48)54)68(52-29-17-6-18-30-52)64-56(46-25-13-4-14-26-46)40-50(42-58(64)66)44-21-9-2-10-22-44/h1-42,61-62H. The second-order valence-electron chi connectivity index (χ2n) is 17.5. The van der Waals surface area contributed by atoms with E-state index in [0.717, 1.165) is 78.4 Å². The van der Waals surface area contributed by atoms with Gasteiger partial charge in [-0.3, -0.25) is 0 Å². The van der Waals surface area contributed by atoms with Gasteiger partial charge in [0.1, 0.15) is 11.6 Å². The van der Waals surface area contributed by atoms with Crippen LogP contribution in [-0.2, 0) is 0 Å². The van der Waals surface area contributed by atoms with Gasteiger partial charge in [0.25, 0.3) is 0 Å². The second-order valence-corrected chi connectivity index (χ2v) is 17.5. The lowest BCUT2D eigenvalue weighted by Crippen LogP contribution is -2.35. The van der Waals surface area contributed by atoms with E-state index >= 15 is 8.78 Å². The van der Waals surface area contributed by atoms with Crippen LogP contribution in [0.2, 0.25) is 0 Å². The van der Waals surface area contributed by atoms with E-state index in [1.54, 1.807) is 12.1 Å². The topological polar surface area (TPSA) is 6.48 Å². The molecule has 0 saturated heterocycles. The van der Waals surface area contributed by atoms with E-state index < -0.39 is 0 Å². The summed E-state index contributed by atoms with van der Waals surface area (Å²) in [5.41, 5.74) is 15.8. The first-order valence-electron chi connectivity index (χ1n) is 23.1. The lowest BCUT2D eigenvalue weighted by Gasteiger charge is -2.45. The van der Waals surface area contributed by atoms with Crippen LogP contribution in [0.25, 0.3) is 44.5 Å². The van der Waals surface area contributed by atoms with Crippen LogP contribution in [0.5, 0.6) is 0 Å². The molecule has 0 spiro atoms. The van der Waals surface area contributed by atoms with E-state index in [0.29, 0.717) is 11.4 Å². The van der Waals surface area contributed by atoms with Gasteiger partial charge in [0.2, 0.25) is 0 Å². The molecule has 2 unspecified atom stereocenters. The molecule has 0 bridgehead atoms. The highest BCUT2D eigenvalue weighted by Crippen LogP contribution is 2.55. The molecule has 68 heavy (non-hydrogen) atoms. The lowest BCUT2D eigenvalue weighted by atomic mass is 9.63. The summed E-state index contributed by atoms with van der Waals surface area (Å²) < 4.78 is 35.2. The molecule has 4 aliphatic carbocycles. The Morgan fingerprint density at radius 1 is 0.338 bits per heavy atom. The molecular formula is C64H44F2N2. The normalized spacial score (nSPS) is 16.6. The van der Waals surface area contributed by atoms with Gasteiger partial charge in [-0.25, -0.2) is 8.78 Å². The molecule has 0 heterocycles. The van der Waals surface area contributed by atoms with Crippen LogP contribution in [0.4, 0.5) is 31.5 Å². The van der Waals surface area contributed by atoms with Crippen LogP contribution < -0.4 is 9.80 Å². The van der Waals surface area contributed by atoms with Crippen molar-refractivity contribution in [1.29, 1.82) is 0 Å². The molecule has 4 heteroatoms. The Hall–Kier alpha value is -8.60. The van der Waals surface area contributed by atoms with Crippen LogP contribution in [-0.4, -0.2) is 0 Å². The summed E-state index contributed by atoms with van der Waals surface area (Å²) >= 11 is 0. The highest BCUT2D eigenvalue weighted by molar-refractivity contribution is 5.92. The fourth-order valence-electron chi connectivity index (χ4n) is 10.5. The summed E-state index contributed by atoms with van der Waals surface area (Å²) in [5.74, 6) is -0.858.